The third-order valence-electron chi connectivity index (χ3n) is 6.08. The van der Waals surface area contributed by atoms with Gasteiger partial charge in [-0.2, -0.15) is 12.6 Å². The highest BCUT2D eigenvalue weighted by Gasteiger charge is 2.27. The number of ether oxygens (including phenoxy) is 1. The lowest BCUT2D eigenvalue weighted by Gasteiger charge is -2.19. The lowest BCUT2D eigenvalue weighted by Crippen LogP contribution is -2.27. The van der Waals surface area contributed by atoms with Gasteiger partial charge in [0.05, 0.1) is 10.9 Å². The molecule has 0 radical (unpaired) electrons. The van der Waals surface area contributed by atoms with Gasteiger partial charge in [-0.25, -0.2) is 4.79 Å². The van der Waals surface area contributed by atoms with Gasteiger partial charge in [0, 0.05) is 10.6 Å². The van der Waals surface area contributed by atoms with E-state index in [1.165, 1.54) is 53.2 Å². The molecule has 4 aromatic carbocycles. The Morgan fingerprint density at radius 2 is 1.16 bits per heavy atom. The van der Waals surface area contributed by atoms with Crippen molar-refractivity contribution in [3.8, 4) is 0 Å². The molecular formula is C37H49N2O2S3+. The largest absolute Gasteiger partial charge is 0.444 e. The summed E-state index contributed by atoms with van der Waals surface area (Å²) in [6.45, 7) is 7.71. The molecule has 4 aromatic rings. The molecule has 4 rings (SSSR count). The Bertz CT molecular complexity index is 1180. The molecule has 0 heterocycles. The summed E-state index contributed by atoms with van der Waals surface area (Å²) < 4.78 is 5.12. The standard InChI is InChI=1S/C18H15S.C11H16N2O2S.C8H18S/c1-4-10-16(11-5-1)19(17-12-6-2-7-13-17)18-14-8-3-9-15-18;1-11(2,3)15-10(14)13-8-4-6-9(16-12)7-5-8;1-2-3-4-5-6-7-8-9/h1-15H;4-7H,12H2,1-3H3,(H,13,14);9H,2-8H2,1H3/q+1;;. The molecule has 0 spiro atoms. The van der Waals surface area contributed by atoms with Crippen LogP contribution in [0.25, 0.3) is 0 Å². The van der Waals surface area contributed by atoms with E-state index in [1.807, 2.05) is 32.9 Å². The number of hydrogen-bond acceptors (Lipinski definition) is 5. The summed E-state index contributed by atoms with van der Waals surface area (Å²) in [6.07, 6.45) is 7.81. The molecule has 0 atom stereocenters. The zero-order valence-electron chi connectivity index (χ0n) is 26.6. The number of carbonyl (C=O) groups excluding carboxylic acids is 1. The number of nitrogens with two attached hydrogens (primary N) is 1. The third-order valence-corrected chi connectivity index (χ3v) is 9.18. The molecule has 4 nitrogen and oxygen atoms in total. The summed E-state index contributed by atoms with van der Waals surface area (Å²) in [4.78, 5) is 16.4. The fourth-order valence-electron chi connectivity index (χ4n) is 4.01. The van der Waals surface area contributed by atoms with Crippen LogP contribution in [0, 0.1) is 0 Å². The van der Waals surface area contributed by atoms with Crippen LogP contribution in [0.4, 0.5) is 10.5 Å². The van der Waals surface area contributed by atoms with Crippen molar-refractivity contribution in [3.63, 3.8) is 0 Å². The summed E-state index contributed by atoms with van der Waals surface area (Å²) in [5.41, 5.74) is 0.198. The van der Waals surface area contributed by atoms with Crippen molar-refractivity contribution in [2.75, 3.05) is 11.1 Å². The number of unbranched alkanes of at least 4 members (excludes halogenated alkanes) is 5. The minimum Gasteiger partial charge on any atom is -0.444 e. The number of hydrogen-bond donors (Lipinski definition) is 3. The zero-order chi connectivity index (χ0) is 32.0. The van der Waals surface area contributed by atoms with Crippen molar-refractivity contribution < 1.29 is 9.53 Å². The van der Waals surface area contributed by atoms with Gasteiger partial charge in [0.25, 0.3) is 0 Å². The van der Waals surface area contributed by atoms with E-state index in [2.05, 4.69) is 116 Å². The average Bonchev–Trinajstić information content (AvgIpc) is 3.03. The van der Waals surface area contributed by atoms with E-state index in [1.54, 1.807) is 12.1 Å². The number of nitrogens with one attached hydrogen (secondary N) is 1. The molecule has 44 heavy (non-hydrogen) atoms. The van der Waals surface area contributed by atoms with Crippen LogP contribution in [0.15, 0.2) is 135 Å². The maximum atomic E-state index is 11.4. The van der Waals surface area contributed by atoms with Gasteiger partial charge < -0.3 is 4.74 Å². The van der Waals surface area contributed by atoms with E-state index in [9.17, 15) is 4.79 Å². The lowest BCUT2D eigenvalue weighted by molar-refractivity contribution is 0.0636. The Balaban J connectivity index is 0.000000246. The summed E-state index contributed by atoms with van der Waals surface area (Å²) in [7, 11) is -0.0146. The second kappa shape index (κ2) is 21.8. The Morgan fingerprint density at radius 1 is 0.727 bits per heavy atom. The minimum atomic E-state index is -0.489. The Hall–Kier alpha value is -2.84. The molecule has 3 N–H and O–H groups in total. The maximum Gasteiger partial charge on any atom is 0.412 e. The average molecular weight is 650 g/mol. The van der Waals surface area contributed by atoms with Gasteiger partial charge >= 0.3 is 6.09 Å². The number of anilines is 1. The highest BCUT2D eigenvalue weighted by Crippen LogP contribution is 2.30. The molecule has 0 saturated heterocycles. The number of benzene rings is 4. The minimum absolute atomic E-state index is 0.0146. The topological polar surface area (TPSA) is 64.3 Å². The summed E-state index contributed by atoms with van der Waals surface area (Å²) >= 11 is 5.31. The smallest absolute Gasteiger partial charge is 0.412 e. The van der Waals surface area contributed by atoms with Crippen LogP contribution in [0.2, 0.25) is 0 Å². The third kappa shape index (κ3) is 15.8. The molecular weight excluding hydrogens is 601 g/mol. The Morgan fingerprint density at radius 3 is 1.55 bits per heavy atom. The Kier molecular flexibility index (Phi) is 18.5. The molecule has 0 aliphatic carbocycles. The molecule has 0 bridgehead atoms. The molecule has 7 heteroatoms. The monoisotopic (exact) mass is 649 g/mol. The van der Waals surface area contributed by atoms with Crippen molar-refractivity contribution >= 4 is 47.3 Å². The predicted molar refractivity (Wildman–Crippen MR) is 195 cm³/mol. The first-order valence-electron chi connectivity index (χ1n) is 15.2. The number of carbonyl (C=O) groups is 1. The molecule has 0 fully saturated rings. The van der Waals surface area contributed by atoms with Crippen molar-refractivity contribution in [1.29, 1.82) is 0 Å². The quantitative estimate of drug-likeness (QED) is 0.0655. The first-order valence-corrected chi connectivity index (χ1v) is 18.0. The second-order valence-corrected chi connectivity index (χ2v) is 14.2. The lowest BCUT2D eigenvalue weighted by atomic mass is 10.1. The van der Waals surface area contributed by atoms with E-state index < -0.39 is 11.7 Å². The highest BCUT2D eigenvalue weighted by atomic mass is 32.2. The molecule has 0 saturated carbocycles. The van der Waals surface area contributed by atoms with Gasteiger partial charge in [-0.1, -0.05) is 93.6 Å². The van der Waals surface area contributed by atoms with Gasteiger partial charge in [-0.3, -0.25) is 10.5 Å². The van der Waals surface area contributed by atoms with Crippen LogP contribution in [0.3, 0.4) is 0 Å². The van der Waals surface area contributed by atoms with E-state index in [-0.39, 0.29) is 10.9 Å². The van der Waals surface area contributed by atoms with Crippen LogP contribution in [-0.4, -0.2) is 17.4 Å². The Labute approximate surface area is 278 Å². The fraction of sp³-hybridized carbons (Fsp3) is 0.324. The molecule has 236 valence electrons. The maximum absolute atomic E-state index is 11.4. The van der Waals surface area contributed by atoms with Gasteiger partial charge in [0.15, 0.2) is 14.7 Å². The van der Waals surface area contributed by atoms with Crippen molar-refractivity contribution in [1.82, 2.24) is 0 Å². The van der Waals surface area contributed by atoms with Crippen LogP contribution < -0.4 is 10.5 Å². The van der Waals surface area contributed by atoms with Crippen LogP contribution in [0.5, 0.6) is 0 Å². The van der Waals surface area contributed by atoms with Gasteiger partial charge in [-0.05, 0) is 106 Å². The van der Waals surface area contributed by atoms with Crippen LogP contribution in [0.1, 0.15) is 66.2 Å². The van der Waals surface area contributed by atoms with E-state index in [0.29, 0.717) is 5.69 Å². The summed E-state index contributed by atoms with van der Waals surface area (Å²) in [6, 6.07) is 39.4. The van der Waals surface area contributed by atoms with Crippen LogP contribution in [-0.2, 0) is 15.6 Å². The van der Waals surface area contributed by atoms with Gasteiger partial charge in [0.2, 0.25) is 0 Å². The molecule has 0 unspecified atom stereocenters. The molecule has 1 amide bonds. The SMILES string of the molecule is CC(C)(C)OC(=O)Nc1ccc(SN)cc1.CCCCCCCCS.c1ccc([S+](c2ccccc2)c2ccccc2)cc1. The molecule has 0 aliphatic rings. The molecule has 0 aliphatic heterocycles. The summed E-state index contributed by atoms with van der Waals surface area (Å²) in [5, 5.41) is 8.03. The number of thiol groups is 1. The first-order chi connectivity index (χ1) is 21.3. The molecule has 0 aromatic heterocycles. The van der Waals surface area contributed by atoms with Crippen molar-refractivity contribution in [3.05, 3.63) is 115 Å². The van der Waals surface area contributed by atoms with E-state index in [0.717, 1.165) is 22.6 Å². The zero-order valence-corrected chi connectivity index (χ0v) is 29.1. The second-order valence-electron chi connectivity index (χ2n) is 11.0. The van der Waals surface area contributed by atoms with E-state index in [4.69, 9.17) is 9.88 Å². The van der Waals surface area contributed by atoms with Gasteiger partial charge in [-0.15, -0.1) is 0 Å². The fourth-order valence-corrected chi connectivity index (χ4v) is 6.63. The first kappa shape index (κ1) is 37.3. The van der Waals surface area contributed by atoms with Crippen LogP contribution >= 0.6 is 24.6 Å². The number of rotatable bonds is 11. The van der Waals surface area contributed by atoms with Gasteiger partial charge in [0.1, 0.15) is 5.60 Å². The summed E-state index contributed by atoms with van der Waals surface area (Å²) in [5.74, 6) is 1.06. The van der Waals surface area contributed by atoms with Crippen molar-refractivity contribution in [2.24, 2.45) is 5.14 Å². The number of amides is 1. The normalized spacial score (nSPS) is 10.6. The highest BCUT2D eigenvalue weighted by molar-refractivity contribution is 7.97. The van der Waals surface area contributed by atoms with Crippen molar-refractivity contribution in [2.45, 2.75) is 91.4 Å². The predicted octanol–water partition coefficient (Wildman–Crippen LogP) is 11.1. The van der Waals surface area contributed by atoms with E-state index >= 15 is 0 Å².